The molecule has 0 spiro atoms. The predicted molar refractivity (Wildman–Crippen MR) is 76.1 cm³/mol. The van der Waals surface area contributed by atoms with Crippen molar-refractivity contribution < 1.29 is 17.1 Å². The van der Waals surface area contributed by atoms with Crippen LogP contribution in [0.5, 0.6) is 0 Å². The van der Waals surface area contributed by atoms with Gasteiger partial charge in [0.05, 0.1) is 5.69 Å². The van der Waals surface area contributed by atoms with Crippen molar-refractivity contribution in [2.75, 3.05) is 11.4 Å². The highest BCUT2D eigenvalue weighted by atomic mass is 32.3. The minimum absolute atomic E-state index is 0.202. The van der Waals surface area contributed by atoms with Gasteiger partial charge in [-0.2, -0.15) is 8.42 Å². The van der Waals surface area contributed by atoms with Gasteiger partial charge in [0.2, 0.25) is 5.91 Å². The van der Waals surface area contributed by atoms with Crippen LogP contribution in [0, 0.1) is 0 Å². The zero-order valence-electron chi connectivity index (χ0n) is 10.6. The van der Waals surface area contributed by atoms with E-state index in [2.05, 4.69) is 9.97 Å². The van der Waals surface area contributed by atoms with Crippen molar-refractivity contribution in [2.45, 2.75) is 11.7 Å². The van der Waals surface area contributed by atoms with Crippen LogP contribution in [-0.2, 0) is 15.0 Å². The van der Waals surface area contributed by atoms with Gasteiger partial charge in [0, 0.05) is 24.5 Å². The Morgan fingerprint density at radius 1 is 1.33 bits per heavy atom. The third kappa shape index (κ3) is 2.79. The summed E-state index contributed by atoms with van der Waals surface area (Å²) in [5, 5.41) is 0.765. The van der Waals surface area contributed by atoms with E-state index in [1.54, 1.807) is 23.7 Å². The number of thiazole rings is 1. The highest BCUT2D eigenvalue weighted by Crippen LogP contribution is 2.31. The van der Waals surface area contributed by atoms with E-state index in [0.717, 1.165) is 0 Å². The van der Waals surface area contributed by atoms with Gasteiger partial charge in [-0.25, -0.2) is 4.98 Å². The fourth-order valence-electron chi connectivity index (χ4n) is 2.07. The van der Waals surface area contributed by atoms with Crippen LogP contribution in [-0.4, -0.2) is 36.1 Å². The summed E-state index contributed by atoms with van der Waals surface area (Å²) >= 11 is 1.19. The van der Waals surface area contributed by atoms with Gasteiger partial charge in [0.15, 0.2) is 5.13 Å². The molecule has 21 heavy (non-hydrogen) atoms. The number of nitrogens with zero attached hydrogens (tertiary/aromatic N) is 3. The number of rotatable bonds is 3. The van der Waals surface area contributed by atoms with Crippen LogP contribution in [0.3, 0.4) is 0 Å². The number of amides is 1. The lowest BCUT2D eigenvalue weighted by Gasteiger charge is -2.11. The van der Waals surface area contributed by atoms with Crippen molar-refractivity contribution in [3.63, 3.8) is 0 Å². The number of carbonyl (C=O) groups is 1. The average molecular weight is 327 g/mol. The standard InChI is InChI=1S/C12H10FN3O3S2/c13-21(18,19)8-5-11(17)16(6-8)12-15-10(7-20-12)9-3-1-2-4-14-9/h1-4,7-8H,5-6H2. The smallest absolute Gasteiger partial charge is 0.287 e. The maximum Gasteiger partial charge on any atom is 0.307 e. The summed E-state index contributed by atoms with van der Waals surface area (Å²) in [6.07, 6.45) is 1.28. The first-order valence-corrected chi connectivity index (χ1v) is 8.38. The summed E-state index contributed by atoms with van der Waals surface area (Å²) in [4.78, 5) is 21.5. The van der Waals surface area contributed by atoms with Gasteiger partial charge < -0.3 is 0 Å². The predicted octanol–water partition coefficient (Wildman–Crippen LogP) is 1.61. The summed E-state index contributed by atoms with van der Waals surface area (Å²) in [6, 6.07) is 5.37. The second-order valence-electron chi connectivity index (χ2n) is 4.54. The Morgan fingerprint density at radius 3 is 2.76 bits per heavy atom. The molecule has 6 nitrogen and oxygen atoms in total. The Hall–Kier alpha value is -1.87. The Bertz CT molecular complexity index is 776. The lowest BCUT2D eigenvalue weighted by atomic mass is 10.3. The van der Waals surface area contributed by atoms with Gasteiger partial charge in [-0.3, -0.25) is 14.7 Å². The Kier molecular flexibility index (Phi) is 3.46. The first-order chi connectivity index (χ1) is 9.95. The van der Waals surface area contributed by atoms with Crippen molar-refractivity contribution >= 4 is 32.6 Å². The van der Waals surface area contributed by atoms with E-state index in [4.69, 9.17) is 0 Å². The first-order valence-electron chi connectivity index (χ1n) is 6.06. The number of halogens is 1. The maximum atomic E-state index is 13.0. The molecule has 2 aromatic heterocycles. The van der Waals surface area contributed by atoms with Gasteiger partial charge >= 0.3 is 10.2 Å². The largest absolute Gasteiger partial charge is 0.307 e. The van der Waals surface area contributed by atoms with Crippen molar-refractivity contribution in [3.8, 4) is 11.4 Å². The molecule has 1 aliphatic rings. The molecule has 110 valence electrons. The van der Waals surface area contributed by atoms with E-state index in [-0.39, 0.29) is 13.0 Å². The minimum atomic E-state index is -4.72. The molecule has 0 N–H and O–H groups in total. The summed E-state index contributed by atoms with van der Waals surface area (Å²) in [5.41, 5.74) is 1.25. The Balaban J connectivity index is 1.86. The summed E-state index contributed by atoms with van der Waals surface area (Å²) in [5.74, 6) is -0.442. The lowest BCUT2D eigenvalue weighted by Crippen LogP contribution is -2.26. The molecular weight excluding hydrogens is 317 g/mol. The van der Waals surface area contributed by atoms with E-state index in [0.29, 0.717) is 16.5 Å². The molecule has 1 saturated heterocycles. The van der Waals surface area contributed by atoms with Crippen LogP contribution in [0.25, 0.3) is 11.4 Å². The van der Waals surface area contributed by atoms with Crippen LogP contribution in [0.15, 0.2) is 29.8 Å². The van der Waals surface area contributed by atoms with E-state index < -0.39 is 21.4 Å². The molecule has 1 unspecified atom stereocenters. The number of hydrogen-bond donors (Lipinski definition) is 0. The second kappa shape index (κ2) is 5.15. The third-order valence-corrected chi connectivity index (χ3v) is 5.11. The zero-order valence-corrected chi connectivity index (χ0v) is 12.3. The molecule has 0 aliphatic carbocycles. The summed E-state index contributed by atoms with van der Waals surface area (Å²) in [6.45, 7) is -0.202. The molecule has 1 atom stereocenters. The molecule has 0 saturated carbocycles. The quantitative estimate of drug-likeness (QED) is 0.800. The first kappa shape index (κ1) is 14.1. The highest BCUT2D eigenvalue weighted by molar-refractivity contribution is 7.87. The topological polar surface area (TPSA) is 80.2 Å². The van der Waals surface area contributed by atoms with Crippen molar-refractivity contribution in [1.82, 2.24) is 9.97 Å². The number of aromatic nitrogens is 2. The molecule has 1 fully saturated rings. The SMILES string of the molecule is O=C1CC(S(=O)(=O)F)CN1c1nc(-c2ccccn2)cs1. The van der Waals surface area contributed by atoms with Crippen molar-refractivity contribution in [3.05, 3.63) is 29.8 Å². The van der Waals surface area contributed by atoms with Crippen LogP contribution in [0.2, 0.25) is 0 Å². The second-order valence-corrected chi connectivity index (χ2v) is 6.99. The third-order valence-electron chi connectivity index (χ3n) is 3.14. The zero-order chi connectivity index (χ0) is 15.0. The minimum Gasteiger partial charge on any atom is -0.287 e. The molecule has 2 aromatic rings. The van der Waals surface area contributed by atoms with E-state index in [1.807, 2.05) is 6.07 Å². The van der Waals surface area contributed by atoms with Gasteiger partial charge in [0.1, 0.15) is 10.9 Å². The monoisotopic (exact) mass is 327 g/mol. The molecule has 0 bridgehead atoms. The maximum absolute atomic E-state index is 13.0. The normalized spacial score (nSPS) is 19.2. The number of pyridine rings is 1. The van der Waals surface area contributed by atoms with Crippen LogP contribution >= 0.6 is 11.3 Å². The molecule has 1 amide bonds. The molecule has 1 aliphatic heterocycles. The van der Waals surface area contributed by atoms with Gasteiger partial charge in [-0.15, -0.1) is 15.2 Å². The van der Waals surface area contributed by atoms with Gasteiger partial charge in [-0.1, -0.05) is 6.07 Å². The average Bonchev–Trinajstić information content (AvgIpc) is 3.05. The molecule has 0 radical (unpaired) electrons. The fourth-order valence-corrected chi connectivity index (χ4v) is 3.58. The molecule has 0 aromatic carbocycles. The van der Waals surface area contributed by atoms with Crippen LogP contribution < -0.4 is 4.90 Å². The van der Waals surface area contributed by atoms with E-state index >= 15 is 0 Å². The number of anilines is 1. The Labute approximate surface area is 124 Å². The fraction of sp³-hybridized carbons (Fsp3) is 0.250. The molecular formula is C12H10FN3O3S2. The summed E-state index contributed by atoms with van der Waals surface area (Å²) in [7, 11) is -4.72. The van der Waals surface area contributed by atoms with Gasteiger partial charge in [-0.05, 0) is 12.1 Å². The molecule has 3 rings (SSSR count). The summed E-state index contributed by atoms with van der Waals surface area (Å²) < 4.78 is 34.8. The van der Waals surface area contributed by atoms with Crippen molar-refractivity contribution in [1.29, 1.82) is 0 Å². The number of hydrogen-bond acceptors (Lipinski definition) is 6. The highest BCUT2D eigenvalue weighted by Gasteiger charge is 2.40. The van der Waals surface area contributed by atoms with Crippen LogP contribution in [0.1, 0.15) is 6.42 Å². The van der Waals surface area contributed by atoms with E-state index in [9.17, 15) is 17.1 Å². The molecule has 3 heterocycles. The van der Waals surface area contributed by atoms with Gasteiger partial charge in [0.25, 0.3) is 0 Å². The van der Waals surface area contributed by atoms with E-state index in [1.165, 1.54) is 16.2 Å². The lowest BCUT2D eigenvalue weighted by molar-refractivity contribution is -0.117. The molecule has 9 heteroatoms. The van der Waals surface area contributed by atoms with Crippen LogP contribution in [0.4, 0.5) is 9.02 Å². The van der Waals surface area contributed by atoms with Crippen molar-refractivity contribution in [2.24, 2.45) is 0 Å². The number of carbonyl (C=O) groups excluding carboxylic acids is 1. The Morgan fingerprint density at radius 2 is 2.14 bits per heavy atom.